The van der Waals surface area contributed by atoms with Crippen LogP contribution in [0, 0.1) is 12.7 Å². The van der Waals surface area contributed by atoms with Crippen LogP contribution in [0.2, 0.25) is 0 Å². The Hall–Kier alpha value is -1.63. The molecule has 0 saturated heterocycles. The van der Waals surface area contributed by atoms with E-state index in [1.54, 1.807) is 26.8 Å². The summed E-state index contributed by atoms with van der Waals surface area (Å²) < 4.78 is 13.6. The summed E-state index contributed by atoms with van der Waals surface area (Å²) in [4.78, 5) is 23.0. The zero-order valence-electron chi connectivity index (χ0n) is 11.5. The molecule has 1 rings (SSSR count). The fraction of sp³-hybridized carbons (Fsp3) is 0.385. The molecule has 5 nitrogen and oxygen atoms in total. The number of nitrogens with one attached hydrogen (secondary N) is 3. The number of anilines is 1. The monoisotopic (exact) mass is 345 g/mol. The maximum atomic E-state index is 13.3. The number of urea groups is 1. The Morgan fingerprint density at radius 1 is 1.40 bits per heavy atom. The molecule has 0 heterocycles. The summed E-state index contributed by atoms with van der Waals surface area (Å²) in [6, 6.07) is 1.75. The van der Waals surface area contributed by atoms with Crippen LogP contribution in [0.3, 0.4) is 0 Å². The summed E-state index contributed by atoms with van der Waals surface area (Å²) >= 11 is 3.09. The van der Waals surface area contributed by atoms with Gasteiger partial charge in [0, 0.05) is 12.2 Å². The first-order valence-corrected chi connectivity index (χ1v) is 6.95. The van der Waals surface area contributed by atoms with Crippen molar-refractivity contribution >= 4 is 33.6 Å². The predicted octanol–water partition coefficient (Wildman–Crippen LogP) is 2.54. The molecule has 3 amide bonds. The van der Waals surface area contributed by atoms with Crippen LogP contribution in [0.5, 0.6) is 0 Å². The minimum absolute atomic E-state index is 0.307. The number of halogens is 2. The Morgan fingerprint density at radius 3 is 2.65 bits per heavy atom. The molecule has 20 heavy (non-hydrogen) atoms. The minimum Gasteiger partial charge on any atom is -0.374 e. The van der Waals surface area contributed by atoms with Gasteiger partial charge >= 0.3 is 6.03 Å². The van der Waals surface area contributed by atoms with E-state index in [0.29, 0.717) is 22.3 Å². The summed E-state index contributed by atoms with van der Waals surface area (Å²) in [5.41, 5.74) is 1.29. The topological polar surface area (TPSA) is 70.2 Å². The van der Waals surface area contributed by atoms with Gasteiger partial charge in [0.2, 0.25) is 5.91 Å². The van der Waals surface area contributed by atoms with Gasteiger partial charge < -0.3 is 10.6 Å². The van der Waals surface area contributed by atoms with Gasteiger partial charge in [-0.3, -0.25) is 10.1 Å². The fourth-order valence-corrected chi connectivity index (χ4v) is 1.87. The van der Waals surface area contributed by atoms with Gasteiger partial charge in [0.05, 0.1) is 4.47 Å². The molecule has 1 atom stereocenters. The molecule has 0 aliphatic heterocycles. The summed E-state index contributed by atoms with van der Waals surface area (Å²) in [5.74, 6) is -0.830. The molecule has 1 aromatic rings. The van der Waals surface area contributed by atoms with Gasteiger partial charge in [-0.15, -0.1) is 0 Å². The molecule has 0 saturated carbocycles. The lowest BCUT2D eigenvalue weighted by Crippen LogP contribution is -2.45. The van der Waals surface area contributed by atoms with E-state index in [0.717, 1.165) is 0 Å². The molecule has 0 fully saturated rings. The third-order valence-electron chi connectivity index (χ3n) is 2.61. The third kappa shape index (κ3) is 4.48. The zero-order chi connectivity index (χ0) is 15.3. The number of rotatable bonds is 4. The molecule has 0 aliphatic carbocycles. The van der Waals surface area contributed by atoms with E-state index in [1.165, 1.54) is 6.07 Å². The number of hydrogen-bond acceptors (Lipinski definition) is 3. The van der Waals surface area contributed by atoms with Crippen molar-refractivity contribution in [2.45, 2.75) is 26.8 Å². The summed E-state index contributed by atoms with van der Waals surface area (Å²) in [6.45, 7) is 5.54. The highest BCUT2D eigenvalue weighted by atomic mass is 79.9. The summed E-state index contributed by atoms with van der Waals surface area (Å²) in [7, 11) is 0. The second-order valence-corrected chi connectivity index (χ2v) is 5.15. The molecule has 0 aliphatic rings. The van der Waals surface area contributed by atoms with Crippen molar-refractivity contribution in [1.29, 1.82) is 0 Å². The highest BCUT2D eigenvalue weighted by Crippen LogP contribution is 2.24. The van der Waals surface area contributed by atoms with Crippen LogP contribution < -0.4 is 16.0 Å². The second kappa shape index (κ2) is 7.23. The molecule has 0 spiro atoms. The smallest absolute Gasteiger partial charge is 0.321 e. The van der Waals surface area contributed by atoms with Crippen LogP contribution in [0.15, 0.2) is 16.6 Å². The number of hydrogen-bond donors (Lipinski definition) is 3. The molecule has 0 bridgehead atoms. The first kappa shape index (κ1) is 16.4. The van der Waals surface area contributed by atoms with Crippen LogP contribution in [-0.2, 0) is 4.79 Å². The highest BCUT2D eigenvalue weighted by molar-refractivity contribution is 9.10. The fourth-order valence-electron chi connectivity index (χ4n) is 1.53. The van der Waals surface area contributed by atoms with Crippen molar-refractivity contribution in [2.75, 3.05) is 11.9 Å². The van der Waals surface area contributed by atoms with Gasteiger partial charge in [-0.2, -0.15) is 0 Å². The van der Waals surface area contributed by atoms with Crippen molar-refractivity contribution in [3.8, 4) is 0 Å². The zero-order valence-corrected chi connectivity index (χ0v) is 13.1. The molecule has 3 N–H and O–H groups in total. The average Bonchev–Trinajstić information content (AvgIpc) is 2.35. The second-order valence-electron chi connectivity index (χ2n) is 4.30. The maximum Gasteiger partial charge on any atom is 0.321 e. The van der Waals surface area contributed by atoms with Crippen LogP contribution in [0.1, 0.15) is 19.4 Å². The molecular formula is C13H17BrFN3O2. The summed E-state index contributed by atoms with van der Waals surface area (Å²) in [5, 5.41) is 7.61. The van der Waals surface area contributed by atoms with Gasteiger partial charge in [-0.25, -0.2) is 9.18 Å². The Kier molecular flexibility index (Phi) is 5.94. The van der Waals surface area contributed by atoms with E-state index in [-0.39, 0.29) is 5.82 Å². The molecule has 110 valence electrons. The molecule has 1 unspecified atom stereocenters. The number of carbonyl (C=O) groups is 2. The van der Waals surface area contributed by atoms with Crippen LogP contribution in [-0.4, -0.2) is 24.5 Å². The van der Waals surface area contributed by atoms with Gasteiger partial charge in [-0.1, -0.05) is 0 Å². The van der Waals surface area contributed by atoms with E-state index in [9.17, 15) is 14.0 Å². The normalized spacial score (nSPS) is 11.7. The molecule has 7 heteroatoms. The third-order valence-corrected chi connectivity index (χ3v) is 3.21. The Balaban J connectivity index is 2.71. The highest BCUT2D eigenvalue weighted by Gasteiger charge is 2.16. The van der Waals surface area contributed by atoms with Crippen molar-refractivity contribution in [2.24, 2.45) is 0 Å². The number of amides is 3. The lowest BCUT2D eigenvalue weighted by molar-refractivity contribution is -0.120. The predicted molar refractivity (Wildman–Crippen MR) is 79.1 cm³/mol. The number of aryl methyl sites for hydroxylation is 1. The standard InChI is InChI=1S/C13H17BrFN3O2/c1-4-16-13(20)18-12(19)8(3)17-11-6-9(14)10(15)5-7(11)2/h5-6,8,17H,4H2,1-3H3,(H2,16,18,19,20). The van der Waals surface area contributed by atoms with E-state index < -0.39 is 18.0 Å². The minimum atomic E-state index is -0.631. The largest absolute Gasteiger partial charge is 0.374 e. The number of carbonyl (C=O) groups excluding carboxylic acids is 2. The SMILES string of the molecule is CCNC(=O)NC(=O)C(C)Nc1cc(Br)c(F)cc1C. The van der Waals surface area contributed by atoms with Gasteiger partial charge in [0.1, 0.15) is 11.9 Å². The Morgan fingerprint density at radius 2 is 2.05 bits per heavy atom. The van der Waals surface area contributed by atoms with E-state index >= 15 is 0 Å². The van der Waals surface area contributed by atoms with Crippen LogP contribution in [0.4, 0.5) is 14.9 Å². The number of imide groups is 1. The van der Waals surface area contributed by atoms with E-state index in [1.807, 2.05) is 0 Å². The van der Waals surface area contributed by atoms with Gasteiger partial charge in [0.15, 0.2) is 0 Å². The van der Waals surface area contributed by atoms with Crippen molar-refractivity contribution in [3.63, 3.8) is 0 Å². The molecular weight excluding hydrogens is 329 g/mol. The first-order chi connectivity index (χ1) is 9.35. The maximum absolute atomic E-state index is 13.3. The first-order valence-electron chi connectivity index (χ1n) is 6.16. The van der Waals surface area contributed by atoms with Gasteiger partial charge in [0.25, 0.3) is 0 Å². The molecule has 1 aromatic carbocycles. The van der Waals surface area contributed by atoms with E-state index in [2.05, 4.69) is 31.9 Å². The Labute approximate surface area is 125 Å². The molecule has 0 aromatic heterocycles. The molecule has 0 radical (unpaired) electrons. The van der Waals surface area contributed by atoms with Crippen LogP contribution >= 0.6 is 15.9 Å². The van der Waals surface area contributed by atoms with E-state index in [4.69, 9.17) is 0 Å². The van der Waals surface area contributed by atoms with Crippen LogP contribution in [0.25, 0.3) is 0 Å². The number of benzene rings is 1. The quantitative estimate of drug-likeness (QED) is 0.785. The van der Waals surface area contributed by atoms with Crippen molar-refractivity contribution in [3.05, 3.63) is 28.0 Å². The lowest BCUT2D eigenvalue weighted by Gasteiger charge is -2.17. The summed E-state index contributed by atoms with van der Waals surface area (Å²) in [6.07, 6.45) is 0. The van der Waals surface area contributed by atoms with Crippen molar-refractivity contribution in [1.82, 2.24) is 10.6 Å². The average molecular weight is 346 g/mol. The lowest BCUT2D eigenvalue weighted by atomic mass is 10.1. The van der Waals surface area contributed by atoms with Crippen molar-refractivity contribution < 1.29 is 14.0 Å². The Bertz CT molecular complexity index is 523. The van der Waals surface area contributed by atoms with Gasteiger partial charge in [-0.05, 0) is 54.4 Å².